The number of hydrogen-bond acceptors (Lipinski definition) is 14. The van der Waals surface area contributed by atoms with Crippen molar-refractivity contribution in [3.63, 3.8) is 0 Å². The molecule has 0 saturated carbocycles. The van der Waals surface area contributed by atoms with E-state index in [0.29, 0.717) is 0 Å². The van der Waals surface area contributed by atoms with E-state index in [-0.39, 0.29) is 42.8 Å². The third-order valence-corrected chi connectivity index (χ3v) is 6.57. The summed E-state index contributed by atoms with van der Waals surface area (Å²) >= 11 is 0. The summed E-state index contributed by atoms with van der Waals surface area (Å²) in [5.74, 6) is -4.06. The Morgan fingerprint density at radius 1 is 0.930 bits per heavy atom. The number of aldehydes is 1. The van der Waals surface area contributed by atoms with Gasteiger partial charge in [-0.2, -0.15) is 0 Å². The second-order valence-corrected chi connectivity index (χ2v) is 9.20. The highest BCUT2D eigenvalue weighted by atomic mass is 16.7. The van der Waals surface area contributed by atoms with Gasteiger partial charge in [0.05, 0.1) is 47.7 Å². The Morgan fingerprint density at radius 3 is 2.14 bits per heavy atom. The number of fused-ring (bicyclic) bond motifs is 3. The molecule has 2 atom stereocenters. The van der Waals surface area contributed by atoms with Gasteiger partial charge in [-0.15, -0.1) is 0 Å². The predicted octanol–water partition coefficient (Wildman–Crippen LogP) is 3.63. The van der Waals surface area contributed by atoms with Crippen LogP contribution in [0.3, 0.4) is 0 Å². The van der Waals surface area contributed by atoms with Crippen LogP contribution in [0.25, 0.3) is 0 Å². The van der Waals surface area contributed by atoms with E-state index in [1.807, 2.05) is 0 Å². The Kier molecular flexibility index (Phi) is 7.81. The van der Waals surface area contributed by atoms with Crippen molar-refractivity contribution in [2.75, 3.05) is 26.9 Å². The highest BCUT2D eigenvalue weighted by Gasteiger charge is 2.49. The van der Waals surface area contributed by atoms with E-state index in [4.69, 9.17) is 37.3 Å². The number of carbonyl (C=O) groups excluding carboxylic acids is 6. The van der Waals surface area contributed by atoms with Gasteiger partial charge in [0, 0.05) is 29.5 Å². The van der Waals surface area contributed by atoms with Gasteiger partial charge < -0.3 is 43.1 Å². The SMILES string of the molecule is [2H][13C]([2H])([2H])Oc1cccc2c1C(=O)c1c(OC(=O)OCC)c3c(c(OC(=O)OCC)c1C2=O)C[C@@](O)(C=O)C[C@@H]3OC(=O)OCC. The van der Waals surface area contributed by atoms with Crippen LogP contribution in [-0.4, -0.2) is 73.9 Å². The van der Waals surface area contributed by atoms with Crippen molar-refractivity contribution in [3.8, 4) is 17.2 Å². The van der Waals surface area contributed by atoms with Gasteiger partial charge in [0.1, 0.15) is 23.2 Å². The van der Waals surface area contributed by atoms with Crippen molar-refractivity contribution in [1.82, 2.24) is 0 Å². The summed E-state index contributed by atoms with van der Waals surface area (Å²) < 4.78 is 58.5. The molecule has 0 radical (unpaired) electrons. The molecule has 0 spiro atoms. The zero-order valence-corrected chi connectivity index (χ0v) is 23.2. The molecule has 0 bridgehead atoms. The van der Waals surface area contributed by atoms with Crippen molar-refractivity contribution in [3.05, 3.63) is 51.6 Å². The summed E-state index contributed by atoms with van der Waals surface area (Å²) in [4.78, 5) is 78.6. The Labute approximate surface area is 248 Å². The van der Waals surface area contributed by atoms with Crippen LogP contribution in [0.4, 0.5) is 14.4 Å². The molecule has 14 heteroatoms. The number of ketones is 2. The van der Waals surface area contributed by atoms with Crippen LogP contribution in [0.15, 0.2) is 18.2 Å². The van der Waals surface area contributed by atoms with E-state index in [2.05, 4.69) is 0 Å². The van der Waals surface area contributed by atoms with Crippen molar-refractivity contribution < 1.29 is 71.1 Å². The number of carbonyl (C=O) groups is 6. The van der Waals surface area contributed by atoms with Crippen LogP contribution < -0.4 is 14.2 Å². The highest BCUT2D eigenvalue weighted by Crippen LogP contribution is 2.52. The maximum Gasteiger partial charge on any atom is 0.513 e. The molecule has 4 rings (SSSR count). The average Bonchev–Trinajstić information content (AvgIpc) is 2.96. The van der Waals surface area contributed by atoms with Gasteiger partial charge in [0.15, 0.2) is 17.8 Å². The largest absolute Gasteiger partial charge is 0.513 e. The molecule has 0 heterocycles. The van der Waals surface area contributed by atoms with Crippen molar-refractivity contribution in [2.24, 2.45) is 0 Å². The standard InChI is InChI=1S/C29H28O14/c1-5-38-26(33)41-17-12-29(36,13-30)11-15-19(17)25(43-28(35)40-7-3)21-20(24(15)42-27(34)39-6-2)22(31)14-9-8-10-16(37-4)18(14)23(21)32/h8-10,13,17,36H,5-7,11-12H2,1-4H3/t17-,29-/m0/s1/i4+1D3. The molecule has 228 valence electrons. The monoisotopic (exact) mass is 604 g/mol. The number of methoxy groups -OCH3 is 1. The topological polar surface area (TPSA) is 187 Å². The quantitative estimate of drug-likeness (QED) is 0.129. The molecule has 2 aliphatic carbocycles. The Bertz CT molecular complexity index is 1620. The van der Waals surface area contributed by atoms with Gasteiger partial charge in [-0.25, -0.2) is 14.4 Å². The number of ether oxygens (including phenoxy) is 7. The normalized spacial score (nSPS) is 19.6. The van der Waals surface area contributed by atoms with E-state index >= 15 is 0 Å². The zero-order valence-electron chi connectivity index (χ0n) is 26.2. The van der Waals surface area contributed by atoms with Gasteiger partial charge in [-0.3, -0.25) is 9.59 Å². The summed E-state index contributed by atoms with van der Waals surface area (Å²) in [5.41, 5.74) is -5.29. The second-order valence-electron chi connectivity index (χ2n) is 9.20. The van der Waals surface area contributed by atoms with Crippen molar-refractivity contribution >= 4 is 36.3 Å². The molecular formula is C29H28O14. The van der Waals surface area contributed by atoms with E-state index in [1.54, 1.807) is 0 Å². The Balaban J connectivity index is 2.15. The highest BCUT2D eigenvalue weighted by molar-refractivity contribution is 6.31. The maximum absolute atomic E-state index is 14.3. The predicted molar refractivity (Wildman–Crippen MR) is 142 cm³/mol. The molecule has 0 aromatic heterocycles. The van der Waals surface area contributed by atoms with Crippen LogP contribution in [0.2, 0.25) is 0 Å². The summed E-state index contributed by atoms with van der Waals surface area (Å²) in [6.07, 6.45) is -6.96. The second kappa shape index (κ2) is 12.5. The third kappa shape index (κ3) is 5.73. The lowest BCUT2D eigenvalue weighted by Gasteiger charge is -2.37. The molecule has 2 aromatic carbocycles. The van der Waals surface area contributed by atoms with Gasteiger partial charge in [0.25, 0.3) is 0 Å². The molecule has 0 saturated heterocycles. The van der Waals surface area contributed by atoms with Crippen LogP contribution >= 0.6 is 0 Å². The first-order valence-corrected chi connectivity index (χ1v) is 13.0. The fourth-order valence-electron chi connectivity index (χ4n) is 4.96. The lowest BCUT2D eigenvalue weighted by molar-refractivity contribution is -0.129. The van der Waals surface area contributed by atoms with Gasteiger partial charge in [-0.1, -0.05) is 12.1 Å². The first-order chi connectivity index (χ1) is 21.7. The van der Waals surface area contributed by atoms with Crippen molar-refractivity contribution in [2.45, 2.75) is 45.3 Å². The van der Waals surface area contributed by atoms with Crippen molar-refractivity contribution in [1.29, 1.82) is 0 Å². The molecule has 1 N–H and O–H groups in total. The first kappa shape index (κ1) is 26.9. The van der Waals surface area contributed by atoms with Gasteiger partial charge in [-0.05, 0) is 26.8 Å². The molecule has 0 unspecified atom stereocenters. The number of aliphatic hydroxyl groups is 1. The maximum atomic E-state index is 14.3. The lowest BCUT2D eigenvalue weighted by Crippen LogP contribution is -2.42. The molecule has 14 nitrogen and oxygen atoms in total. The third-order valence-electron chi connectivity index (χ3n) is 6.57. The van der Waals surface area contributed by atoms with Gasteiger partial charge >= 0.3 is 18.5 Å². The van der Waals surface area contributed by atoms with E-state index in [1.165, 1.54) is 32.9 Å². The lowest BCUT2D eigenvalue weighted by atomic mass is 9.73. The van der Waals surface area contributed by atoms with Crippen LogP contribution in [0.1, 0.15) is 80.4 Å². The average molecular weight is 605 g/mol. The molecule has 0 fully saturated rings. The Morgan fingerprint density at radius 2 is 1.53 bits per heavy atom. The Hall–Kier alpha value is -4.98. The zero-order chi connectivity index (χ0) is 34.0. The van der Waals surface area contributed by atoms with Crippen LogP contribution in [0, 0.1) is 0 Å². The molecule has 2 aliphatic rings. The molecule has 2 aromatic rings. The number of rotatable bonds is 8. The molecular weight excluding hydrogens is 573 g/mol. The number of benzene rings is 2. The summed E-state index contributed by atoms with van der Waals surface area (Å²) in [6.45, 7) is 3.82. The summed E-state index contributed by atoms with van der Waals surface area (Å²) in [5, 5.41) is 11.2. The number of hydrogen-bond donors (Lipinski definition) is 1. The minimum atomic E-state index is -3.06. The van der Waals surface area contributed by atoms with E-state index in [0.717, 1.165) is 6.07 Å². The smallest absolute Gasteiger partial charge is 0.496 e. The van der Waals surface area contributed by atoms with E-state index in [9.17, 15) is 33.9 Å². The minimum absolute atomic E-state index is 0.137. The molecule has 43 heavy (non-hydrogen) atoms. The van der Waals surface area contributed by atoms with Gasteiger partial charge in [0.2, 0.25) is 5.78 Å². The molecule has 0 amide bonds. The van der Waals surface area contributed by atoms with E-state index < -0.39 is 95.6 Å². The van der Waals surface area contributed by atoms with Crippen LogP contribution in [-0.2, 0) is 30.2 Å². The fourth-order valence-corrected chi connectivity index (χ4v) is 4.96. The van der Waals surface area contributed by atoms with Crippen LogP contribution in [0.5, 0.6) is 17.2 Å². The minimum Gasteiger partial charge on any atom is -0.496 e. The summed E-state index contributed by atoms with van der Waals surface area (Å²) in [7, 11) is -3.06. The first-order valence-electron chi connectivity index (χ1n) is 14.5. The fraction of sp³-hybridized carbons (Fsp3) is 0.379. The summed E-state index contributed by atoms with van der Waals surface area (Å²) in [6, 6.07) is 3.54. The molecule has 0 aliphatic heterocycles.